The van der Waals surface area contributed by atoms with E-state index in [1.165, 1.54) is 0 Å². The second-order valence-corrected chi connectivity index (χ2v) is 5.79. The first kappa shape index (κ1) is 12.6. The number of allylic oxidation sites excluding steroid dienone is 2. The quantitative estimate of drug-likeness (QED) is 0.652. The van der Waals surface area contributed by atoms with E-state index in [1.807, 2.05) is 24.3 Å². The molecule has 0 aliphatic heterocycles. The number of hydrogen-bond donors (Lipinski definition) is 1. The highest BCUT2D eigenvalue weighted by Gasteiger charge is 2.20. The molecule has 0 atom stereocenters. The predicted molar refractivity (Wildman–Crippen MR) is 85.0 cm³/mol. The highest BCUT2D eigenvalue weighted by molar-refractivity contribution is 14.1. The van der Waals surface area contributed by atoms with Crippen molar-refractivity contribution in [2.45, 2.75) is 12.8 Å². The van der Waals surface area contributed by atoms with Crippen LogP contribution in [0.1, 0.15) is 12.8 Å². The molecule has 1 N–H and O–H groups in total. The van der Waals surface area contributed by atoms with Crippen molar-refractivity contribution in [1.29, 1.82) is 0 Å². The van der Waals surface area contributed by atoms with E-state index in [2.05, 4.69) is 45.0 Å². The lowest BCUT2D eigenvalue weighted by molar-refractivity contribution is -0.119. The Morgan fingerprint density at radius 2 is 2.05 bits per heavy atom. The van der Waals surface area contributed by atoms with Gasteiger partial charge in [0.15, 0.2) is 0 Å². The molecule has 0 radical (unpaired) electrons. The van der Waals surface area contributed by atoms with E-state index in [0.29, 0.717) is 0 Å². The van der Waals surface area contributed by atoms with Crippen LogP contribution >= 0.6 is 22.6 Å². The van der Waals surface area contributed by atoms with E-state index < -0.39 is 0 Å². The molecule has 3 rings (SSSR count). The fourth-order valence-electron chi connectivity index (χ4n) is 2.30. The first-order chi connectivity index (χ1) is 9.25. The molecular formula is C15H13IN2O. The molecule has 2 aromatic rings. The smallest absolute Gasteiger partial charge is 0.228 e. The van der Waals surface area contributed by atoms with Gasteiger partial charge in [0.2, 0.25) is 5.91 Å². The van der Waals surface area contributed by atoms with Crippen LogP contribution < -0.4 is 5.32 Å². The van der Waals surface area contributed by atoms with Gasteiger partial charge in [-0.15, -0.1) is 0 Å². The molecule has 1 aromatic heterocycles. The van der Waals surface area contributed by atoms with E-state index in [1.54, 1.807) is 6.20 Å². The first-order valence-corrected chi connectivity index (χ1v) is 7.32. The van der Waals surface area contributed by atoms with Crippen molar-refractivity contribution in [2.24, 2.45) is 5.92 Å². The van der Waals surface area contributed by atoms with Crippen LogP contribution in [0.2, 0.25) is 0 Å². The summed E-state index contributed by atoms with van der Waals surface area (Å²) in [4.78, 5) is 16.5. The van der Waals surface area contributed by atoms with Gasteiger partial charge in [-0.25, -0.2) is 0 Å². The van der Waals surface area contributed by atoms with Crippen LogP contribution in [0.15, 0.2) is 42.6 Å². The van der Waals surface area contributed by atoms with Gasteiger partial charge in [-0.3, -0.25) is 9.78 Å². The topological polar surface area (TPSA) is 42.0 Å². The lowest BCUT2D eigenvalue weighted by atomic mass is 10.1. The Hall–Kier alpha value is -1.43. The number of hydrogen-bond acceptors (Lipinski definition) is 2. The van der Waals surface area contributed by atoms with Crippen molar-refractivity contribution in [3.05, 3.63) is 46.2 Å². The van der Waals surface area contributed by atoms with Crippen LogP contribution in [0.3, 0.4) is 0 Å². The third-order valence-electron chi connectivity index (χ3n) is 3.35. The van der Waals surface area contributed by atoms with Gasteiger partial charge in [0.1, 0.15) is 0 Å². The third kappa shape index (κ3) is 2.49. The maximum atomic E-state index is 12.2. The number of pyridine rings is 1. The summed E-state index contributed by atoms with van der Waals surface area (Å²) in [7, 11) is 0. The molecule has 1 aliphatic carbocycles. The second kappa shape index (κ2) is 5.28. The Bertz CT molecular complexity index is 658. The van der Waals surface area contributed by atoms with Crippen LogP contribution in [0, 0.1) is 9.49 Å². The Kier molecular flexibility index (Phi) is 3.50. The molecule has 96 valence electrons. The molecule has 1 heterocycles. The van der Waals surface area contributed by atoms with Gasteiger partial charge in [-0.1, -0.05) is 18.2 Å². The summed E-state index contributed by atoms with van der Waals surface area (Å²) >= 11 is 2.28. The van der Waals surface area contributed by atoms with E-state index in [9.17, 15) is 4.79 Å². The van der Waals surface area contributed by atoms with Crippen molar-refractivity contribution < 1.29 is 4.79 Å². The van der Waals surface area contributed by atoms with E-state index in [-0.39, 0.29) is 11.8 Å². The molecular weight excluding hydrogens is 351 g/mol. The van der Waals surface area contributed by atoms with Gasteiger partial charge in [0.25, 0.3) is 0 Å². The second-order valence-electron chi connectivity index (χ2n) is 4.62. The minimum atomic E-state index is 0.0676. The van der Waals surface area contributed by atoms with Crippen LogP contribution in [0.25, 0.3) is 10.9 Å². The normalized spacial score (nSPS) is 15.0. The Balaban J connectivity index is 1.93. The van der Waals surface area contributed by atoms with Gasteiger partial charge < -0.3 is 5.32 Å². The standard InChI is InChI=1S/C15H13IN2O/c16-12-7-8-13(14-11(12)6-3-9-17-14)18-15(19)10-4-1-2-5-10/h1-3,6-10H,4-5H2,(H,18,19). The maximum Gasteiger partial charge on any atom is 0.228 e. The molecule has 0 unspecified atom stereocenters. The Labute approximate surface area is 125 Å². The zero-order valence-electron chi connectivity index (χ0n) is 10.3. The van der Waals surface area contributed by atoms with Gasteiger partial charge in [-0.05, 0) is 53.6 Å². The fraction of sp³-hybridized carbons (Fsp3) is 0.200. The van der Waals surface area contributed by atoms with E-state index in [0.717, 1.165) is 33.0 Å². The zero-order valence-corrected chi connectivity index (χ0v) is 12.4. The van der Waals surface area contributed by atoms with Crippen LogP contribution in [0.5, 0.6) is 0 Å². The number of aromatic nitrogens is 1. The number of carbonyl (C=O) groups excluding carboxylic acids is 1. The average molecular weight is 364 g/mol. The van der Waals surface area contributed by atoms with Gasteiger partial charge >= 0.3 is 0 Å². The molecule has 0 spiro atoms. The number of benzene rings is 1. The third-order valence-corrected chi connectivity index (χ3v) is 4.29. The predicted octanol–water partition coefficient (Wildman–Crippen LogP) is 3.74. The number of carbonyl (C=O) groups is 1. The molecule has 1 aliphatic rings. The summed E-state index contributed by atoms with van der Waals surface area (Å²) < 4.78 is 1.14. The van der Waals surface area contributed by atoms with Crippen molar-refractivity contribution in [3.8, 4) is 0 Å². The lowest BCUT2D eigenvalue weighted by Crippen LogP contribution is -2.20. The van der Waals surface area contributed by atoms with Gasteiger partial charge in [0.05, 0.1) is 11.2 Å². The summed E-state index contributed by atoms with van der Waals surface area (Å²) in [6.45, 7) is 0. The molecule has 1 amide bonds. The number of rotatable bonds is 2. The highest BCUT2D eigenvalue weighted by Crippen LogP contribution is 2.27. The highest BCUT2D eigenvalue weighted by atomic mass is 127. The molecule has 19 heavy (non-hydrogen) atoms. The van der Waals surface area contributed by atoms with Gasteiger partial charge in [-0.2, -0.15) is 0 Å². The average Bonchev–Trinajstić information content (AvgIpc) is 2.96. The zero-order chi connectivity index (χ0) is 13.2. The molecule has 0 bridgehead atoms. The summed E-state index contributed by atoms with van der Waals surface area (Å²) in [5.74, 6) is 0.149. The number of nitrogens with one attached hydrogen (secondary N) is 1. The fourth-order valence-corrected chi connectivity index (χ4v) is 2.92. The summed E-state index contributed by atoms with van der Waals surface area (Å²) in [6, 6.07) is 7.87. The maximum absolute atomic E-state index is 12.2. The number of anilines is 1. The van der Waals surface area contributed by atoms with Crippen molar-refractivity contribution in [2.75, 3.05) is 5.32 Å². The van der Waals surface area contributed by atoms with E-state index >= 15 is 0 Å². The first-order valence-electron chi connectivity index (χ1n) is 6.25. The molecule has 0 fully saturated rings. The Morgan fingerprint density at radius 3 is 2.84 bits per heavy atom. The SMILES string of the molecule is O=C(Nc1ccc(I)c2cccnc12)C1CC=CC1. The number of nitrogens with zero attached hydrogens (tertiary/aromatic N) is 1. The number of halogens is 1. The molecule has 3 nitrogen and oxygen atoms in total. The summed E-state index contributed by atoms with van der Waals surface area (Å²) in [5.41, 5.74) is 1.65. The monoisotopic (exact) mass is 364 g/mol. The van der Waals surface area contributed by atoms with Crippen LogP contribution in [-0.2, 0) is 4.79 Å². The minimum Gasteiger partial charge on any atom is -0.324 e. The van der Waals surface area contributed by atoms with Crippen LogP contribution in [-0.4, -0.2) is 10.9 Å². The Morgan fingerprint density at radius 1 is 1.26 bits per heavy atom. The number of amides is 1. The minimum absolute atomic E-state index is 0.0676. The summed E-state index contributed by atoms with van der Waals surface area (Å²) in [6.07, 6.45) is 7.55. The largest absolute Gasteiger partial charge is 0.324 e. The van der Waals surface area contributed by atoms with Crippen molar-refractivity contribution in [1.82, 2.24) is 4.98 Å². The van der Waals surface area contributed by atoms with Gasteiger partial charge in [0, 0.05) is 21.1 Å². The lowest BCUT2D eigenvalue weighted by Gasteiger charge is -2.12. The van der Waals surface area contributed by atoms with Crippen molar-refractivity contribution in [3.63, 3.8) is 0 Å². The van der Waals surface area contributed by atoms with E-state index in [4.69, 9.17) is 0 Å². The number of fused-ring (bicyclic) bond motifs is 1. The summed E-state index contributed by atoms with van der Waals surface area (Å²) in [5, 5.41) is 4.08. The molecule has 0 saturated carbocycles. The van der Waals surface area contributed by atoms with Crippen LogP contribution in [0.4, 0.5) is 5.69 Å². The van der Waals surface area contributed by atoms with Crippen molar-refractivity contribution >= 4 is 45.1 Å². The molecule has 4 heteroatoms. The molecule has 0 saturated heterocycles. The molecule has 1 aromatic carbocycles.